The molecule has 3 nitrogen and oxygen atoms in total. The molecule has 0 bridgehead atoms. The average Bonchev–Trinajstić information content (AvgIpc) is 2.67. The van der Waals surface area contributed by atoms with Crippen molar-refractivity contribution in [2.24, 2.45) is 5.16 Å². The van der Waals surface area contributed by atoms with Crippen LogP contribution in [0.25, 0.3) is 0 Å². The topological polar surface area (TPSA) is 45.4 Å². The number of benzene rings is 3. The fraction of sp³-hybridized carbons (Fsp3) is 0.0476. The van der Waals surface area contributed by atoms with E-state index in [4.69, 9.17) is 10.1 Å². The number of hydrogen-bond donors (Lipinski definition) is 0. The van der Waals surface area contributed by atoms with E-state index in [1.54, 1.807) is 24.0 Å². The molecular formula is C21H16N2OS. The maximum absolute atomic E-state index is 9.08. The van der Waals surface area contributed by atoms with Crippen LogP contribution in [0, 0.1) is 11.3 Å². The Balaban J connectivity index is 1.67. The molecule has 0 aromatic heterocycles. The Morgan fingerprint density at radius 3 is 2.48 bits per heavy atom. The number of rotatable bonds is 6. The van der Waals surface area contributed by atoms with Crippen LogP contribution in [0.4, 0.5) is 0 Å². The van der Waals surface area contributed by atoms with Gasteiger partial charge in [-0.15, -0.1) is 0 Å². The van der Waals surface area contributed by atoms with Crippen LogP contribution in [-0.2, 0) is 11.4 Å². The maximum atomic E-state index is 9.08. The predicted molar refractivity (Wildman–Crippen MR) is 101 cm³/mol. The SMILES string of the molecule is N#Cc1ccccc1CO/N=C/c1ccccc1Sc1ccccc1. The van der Waals surface area contributed by atoms with Crippen LogP contribution in [0.3, 0.4) is 0 Å². The van der Waals surface area contributed by atoms with Crippen LogP contribution >= 0.6 is 11.8 Å². The lowest BCUT2D eigenvalue weighted by molar-refractivity contribution is 0.132. The highest BCUT2D eigenvalue weighted by molar-refractivity contribution is 7.99. The van der Waals surface area contributed by atoms with Gasteiger partial charge in [0.2, 0.25) is 0 Å². The van der Waals surface area contributed by atoms with Gasteiger partial charge in [-0.1, -0.05) is 71.5 Å². The smallest absolute Gasteiger partial charge is 0.143 e. The zero-order chi connectivity index (χ0) is 17.3. The first kappa shape index (κ1) is 16.8. The zero-order valence-corrected chi connectivity index (χ0v) is 14.3. The molecule has 0 N–H and O–H groups in total. The van der Waals surface area contributed by atoms with E-state index in [0.717, 1.165) is 16.0 Å². The molecule has 0 aliphatic heterocycles. The molecular weight excluding hydrogens is 328 g/mol. The summed E-state index contributed by atoms with van der Waals surface area (Å²) >= 11 is 1.68. The van der Waals surface area contributed by atoms with Crippen LogP contribution < -0.4 is 0 Å². The third-order valence-electron chi connectivity index (χ3n) is 3.51. The highest BCUT2D eigenvalue weighted by Crippen LogP contribution is 2.29. The molecule has 4 heteroatoms. The van der Waals surface area contributed by atoms with Crippen LogP contribution in [0.1, 0.15) is 16.7 Å². The maximum Gasteiger partial charge on any atom is 0.143 e. The quantitative estimate of drug-likeness (QED) is 0.452. The first-order chi connectivity index (χ1) is 12.4. The van der Waals surface area contributed by atoms with Gasteiger partial charge in [0, 0.05) is 20.9 Å². The molecule has 0 fully saturated rings. The van der Waals surface area contributed by atoms with Gasteiger partial charge in [-0.25, -0.2) is 0 Å². The second-order valence-electron chi connectivity index (χ2n) is 5.23. The minimum atomic E-state index is 0.272. The summed E-state index contributed by atoms with van der Waals surface area (Å²) in [6, 6.07) is 27.8. The molecule has 3 aromatic carbocycles. The van der Waals surface area contributed by atoms with Crippen molar-refractivity contribution in [2.45, 2.75) is 16.4 Å². The first-order valence-corrected chi connectivity index (χ1v) is 8.64. The van der Waals surface area contributed by atoms with E-state index in [-0.39, 0.29) is 6.61 Å². The van der Waals surface area contributed by atoms with E-state index in [0.29, 0.717) is 5.56 Å². The molecule has 0 amide bonds. The Labute approximate surface area is 151 Å². The zero-order valence-electron chi connectivity index (χ0n) is 13.5. The van der Waals surface area contributed by atoms with E-state index < -0.39 is 0 Å². The lowest BCUT2D eigenvalue weighted by Gasteiger charge is -2.05. The first-order valence-electron chi connectivity index (χ1n) is 7.82. The number of oxime groups is 1. The van der Waals surface area contributed by atoms with Crippen molar-refractivity contribution in [2.75, 3.05) is 0 Å². The van der Waals surface area contributed by atoms with Crippen molar-refractivity contribution < 1.29 is 4.84 Å². The molecule has 0 aliphatic carbocycles. The third kappa shape index (κ3) is 4.72. The highest BCUT2D eigenvalue weighted by Gasteiger charge is 2.03. The normalized spacial score (nSPS) is 10.5. The van der Waals surface area contributed by atoms with Gasteiger partial charge in [0.05, 0.1) is 17.8 Å². The van der Waals surface area contributed by atoms with Crippen LogP contribution in [-0.4, -0.2) is 6.21 Å². The number of nitrogens with zero attached hydrogens (tertiary/aromatic N) is 2. The Bertz CT molecular complexity index is 901. The van der Waals surface area contributed by atoms with Crippen LogP contribution in [0.2, 0.25) is 0 Å². The van der Waals surface area contributed by atoms with Crippen molar-refractivity contribution in [3.63, 3.8) is 0 Å². The molecule has 0 spiro atoms. The molecule has 0 heterocycles. The van der Waals surface area contributed by atoms with E-state index in [2.05, 4.69) is 29.4 Å². The summed E-state index contributed by atoms with van der Waals surface area (Å²) in [6.07, 6.45) is 1.71. The van der Waals surface area contributed by atoms with Crippen molar-refractivity contribution >= 4 is 18.0 Å². The van der Waals surface area contributed by atoms with E-state index >= 15 is 0 Å². The Morgan fingerprint density at radius 2 is 1.64 bits per heavy atom. The molecule has 0 radical (unpaired) electrons. The fourth-order valence-corrected chi connectivity index (χ4v) is 3.18. The van der Waals surface area contributed by atoms with Crippen LogP contribution in [0.15, 0.2) is 93.8 Å². The molecule has 0 saturated carbocycles. The van der Waals surface area contributed by atoms with Crippen molar-refractivity contribution in [3.05, 3.63) is 95.6 Å². The van der Waals surface area contributed by atoms with Gasteiger partial charge in [-0.3, -0.25) is 0 Å². The molecule has 0 atom stereocenters. The van der Waals surface area contributed by atoms with Crippen molar-refractivity contribution in [3.8, 4) is 6.07 Å². The second kappa shape index (κ2) is 8.72. The lowest BCUT2D eigenvalue weighted by atomic mass is 10.1. The molecule has 0 saturated heterocycles. The molecule has 0 aliphatic rings. The summed E-state index contributed by atoms with van der Waals surface area (Å²) in [5.41, 5.74) is 2.43. The molecule has 0 unspecified atom stereocenters. The fourth-order valence-electron chi connectivity index (χ4n) is 2.25. The summed E-state index contributed by atoms with van der Waals surface area (Å²) < 4.78 is 0. The summed E-state index contributed by atoms with van der Waals surface area (Å²) in [5, 5.41) is 13.1. The Hall–Kier alpha value is -3.03. The minimum Gasteiger partial charge on any atom is -0.391 e. The molecule has 25 heavy (non-hydrogen) atoms. The van der Waals surface area contributed by atoms with E-state index in [1.807, 2.05) is 54.6 Å². The standard InChI is InChI=1S/C21H16N2OS/c22-14-17-8-4-5-10-19(17)16-24-23-15-18-9-6-7-13-21(18)25-20-11-2-1-3-12-20/h1-13,15H,16H2/b23-15+. The monoisotopic (exact) mass is 344 g/mol. The Morgan fingerprint density at radius 1 is 0.920 bits per heavy atom. The number of hydrogen-bond acceptors (Lipinski definition) is 4. The largest absolute Gasteiger partial charge is 0.391 e. The van der Waals surface area contributed by atoms with Gasteiger partial charge in [0.1, 0.15) is 6.61 Å². The molecule has 3 aromatic rings. The van der Waals surface area contributed by atoms with Gasteiger partial charge < -0.3 is 4.84 Å². The van der Waals surface area contributed by atoms with Crippen LogP contribution in [0.5, 0.6) is 0 Å². The van der Waals surface area contributed by atoms with Gasteiger partial charge >= 0.3 is 0 Å². The Kier molecular flexibility index (Phi) is 5.86. The minimum absolute atomic E-state index is 0.272. The average molecular weight is 344 g/mol. The summed E-state index contributed by atoms with van der Waals surface area (Å²) in [6.45, 7) is 0.272. The van der Waals surface area contributed by atoms with Gasteiger partial charge in [-0.05, 0) is 24.3 Å². The molecule has 122 valence electrons. The van der Waals surface area contributed by atoms with E-state index in [1.165, 1.54) is 4.90 Å². The van der Waals surface area contributed by atoms with E-state index in [9.17, 15) is 0 Å². The second-order valence-corrected chi connectivity index (χ2v) is 6.35. The van der Waals surface area contributed by atoms with Crippen molar-refractivity contribution in [1.29, 1.82) is 5.26 Å². The lowest BCUT2D eigenvalue weighted by Crippen LogP contribution is -1.92. The predicted octanol–water partition coefficient (Wildman–Crippen LogP) is 5.26. The van der Waals surface area contributed by atoms with Crippen molar-refractivity contribution in [1.82, 2.24) is 0 Å². The van der Waals surface area contributed by atoms with Gasteiger partial charge in [0.25, 0.3) is 0 Å². The highest BCUT2D eigenvalue weighted by atomic mass is 32.2. The molecule has 3 rings (SSSR count). The third-order valence-corrected chi connectivity index (χ3v) is 4.61. The summed E-state index contributed by atoms with van der Waals surface area (Å²) in [7, 11) is 0. The van der Waals surface area contributed by atoms with Gasteiger partial charge in [-0.2, -0.15) is 5.26 Å². The summed E-state index contributed by atoms with van der Waals surface area (Å²) in [5.74, 6) is 0. The number of nitriles is 1. The summed E-state index contributed by atoms with van der Waals surface area (Å²) in [4.78, 5) is 7.66. The van der Waals surface area contributed by atoms with Gasteiger partial charge in [0.15, 0.2) is 0 Å².